The van der Waals surface area contributed by atoms with Crippen molar-refractivity contribution in [3.63, 3.8) is 0 Å². The van der Waals surface area contributed by atoms with E-state index in [0.29, 0.717) is 0 Å². The Bertz CT molecular complexity index is 320. The van der Waals surface area contributed by atoms with Crippen LogP contribution in [0, 0.1) is 0 Å². The Morgan fingerprint density at radius 3 is 2.64 bits per heavy atom. The molecule has 1 saturated carbocycles. The molecule has 0 spiro atoms. The van der Waals surface area contributed by atoms with Crippen LogP contribution in [-0.2, 0) is 11.8 Å². The predicted molar refractivity (Wildman–Crippen MR) is 57.5 cm³/mol. The zero-order valence-corrected chi connectivity index (χ0v) is 9.09. The van der Waals surface area contributed by atoms with Gasteiger partial charge in [0.1, 0.15) is 11.6 Å². The number of aryl methyl sites for hydroxylation is 1. The Labute approximate surface area is 85.0 Å². The summed E-state index contributed by atoms with van der Waals surface area (Å²) in [5.41, 5.74) is 1.39. The van der Waals surface area contributed by atoms with E-state index in [1.807, 2.05) is 13.1 Å². The molecule has 3 nitrogen and oxygen atoms in total. The minimum Gasteiger partial charge on any atom is -0.373 e. The monoisotopic (exact) mass is 191 g/mol. The first-order chi connectivity index (χ1) is 6.68. The van der Waals surface area contributed by atoms with Gasteiger partial charge in [-0.05, 0) is 19.3 Å². The molecular formula is C11H17N3. The Kier molecular flexibility index (Phi) is 2.17. The molecule has 1 aliphatic carbocycles. The Morgan fingerprint density at radius 1 is 1.43 bits per heavy atom. The summed E-state index contributed by atoms with van der Waals surface area (Å²) in [5.74, 6) is 1.96. The van der Waals surface area contributed by atoms with Gasteiger partial charge in [0.25, 0.3) is 0 Å². The van der Waals surface area contributed by atoms with E-state index in [4.69, 9.17) is 0 Å². The highest BCUT2D eigenvalue weighted by atomic mass is 15.0. The highest BCUT2D eigenvalue weighted by Crippen LogP contribution is 2.46. The summed E-state index contributed by atoms with van der Waals surface area (Å²) in [4.78, 5) is 9.09. The van der Waals surface area contributed by atoms with Crippen LogP contribution in [-0.4, -0.2) is 17.0 Å². The third-order valence-corrected chi connectivity index (χ3v) is 2.94. The maximum Gasteiger partial charge on any atom is 0.136 e. The summed E-state index contributed by atoms with van der Waals surface area (Å²) in [6.07, 6.45) is 3.42. The van der Waals surface area contributed by atoms with Crippen molar-refractivity contribution in [2.45, 2.75) is 38.5 Å². The highest BCUT2D eigenvalue weighted by Gasteiger charge is 2.42. The topological polar surface area (TPSA) is 37.8 Å². The van der Waals surface area contributed by atoms with Crippen molar-refractivity contribution < 1.29 is 0 Å². The van der Waals surface area contributed by atoms with Gasteiger partial charge in [0.15, 0.2) is 0 Å². The number of anilines is 1. The van der Waals surface area contributed by atoms with E-state index in [9.17, 15) is 0 Å². The molecule has 0 aliphatic heterocycles. The molecule has 2 rings (SSSR count). The fraction of sp³-hybridized carbons (Fsp3) is 0.636. The van der Waals surface area contributed by atoms with Crippen LogP contribution in [0.25, 0.3) is 0 Å². The van der Waals surface area contributed by atoms with Crippen LogP contribution < -0.4 is 5.32 Å². The van der Waals surface area contributed by atoms with Crippen molar-refractivity contribution in [3.05, 3.63) is 17.6 Å². The molecule has 1 heterocycles. The molecule has 0 atom stereocenters. The number of hydrogen-bond donors (Lipinski definition) is 1. The van der Waals surface area contributed by atoms with Crippen LogP contribution in [0.15, 0.2) is 6.07 Å². The molecule has 0 bridgehead atoms. The van der Waals surface area contributed by atoms with Crippen LogP contribution in [0.5, 0.6) is 0 Å². The van der Waals surface area contributed by atoms with Crippen molar-refractivity contribution in [2.75, 3.05) is 12.4 Å². The lowest BCUT2D eigenvalue weighted by Gasteiger charge is -2.10. The van der Waals surface area contributed by atoms with E-state index in [1.165, 1.54) is 12.8 Å². The molecule has 0 aromatic carbocycles. The summed E-state index contributed by atoms with van der Waals surface area (Å²) in [6, 6.07) is 2.02. The van der Waals surface area contributed by atoms with Crippen LogP contribution >= 0.6 is 0 Å². The molecule has 0 unspecified atom stereocenters. The van der Waals surface area contributed by atoms with Crippen LogP contribution in [0.2, 0.25) is 0 Å². The maximum atomic E-state index is 4.58. The molecule has 14 heavy (non-hydrogen) atoms. The van der Waals surface area contributed by atoms with Crippen LogP contribution in [0.3, 0.4) is 0 Å². The maximum absolute atomic E-state index is 4.58. The molecule has 0 amide bonds. The van der Waals surface area contributed by atoms with Gasteiger partial charge in [-0.15, -0.1) is 0 Å². The van der Waals surface area contributed by atoms with Gasteiger partial charge < -0.3 is 5.32 Å². The van der Waals surface area contributed by atoms with Crippen molar-refractivity contribution >= 4 is 5.82 Å². The Morgan fingerprint density at radius 2 is 2.14 bits per heavy atom. The molecule has 1 aliphatic rings. The lowest BCUT2D eigenvalue weighted by molar-refractivity contribution is 0.700. The second-order valence-electron chi connectivity index (χ2n) is 4.23. The van der Waals surface area contributed by atoms with E-state index < -0.39 is 0 Å². The Hall–Kier alpha value is -1.12. The van der Waals surface area contributed by atoms with Gasteiger partial charge in [-0.3, -0.25) is 0 Å². The van der Waals surface area contributed by atoms with E-state index >= 15 is 0 Å². The smallest absolute Gasteiger partial charge is 0.136 e. The second-order valence-corrected chi connectivity index (χ2v) is 4.23. The predicted octanol–water partition coefficient (Wildman–Crippen LogP) is 2.13. The summed E-state index contributed by atoms with van der Waals surface area (Å²) in [6.45, 7) is 4.36. The minimum atomic E-state index is 0.261. The summed E-state index contributed by atoms with van der Waals surface area (Å²) < 4.78 is 0. The van der Waals surface area contributed by atoms with Gasteiger partial charge >= 0.3 is 0 Å². The van der Waals surface area contributed by atoms with Crippen LogP contribution in [0.1, 0.15) is 38.2 Å². The van der Waals surface area contributed by atoms with E-state index in [1.54, 1.807) is 0 Å². The third kappa shape index (κ3) is 1.59. The molecule has 1 aromatic heterocycles. The average molecular weight is 191 g/mol. The Balaban J connectivity index is 2.39. The number of nitrogens with one attached hydrogen (secondary N) is 1. The van der Waals surface area contributed by atoms with E-state index in [0.717, 1.165) is 23.8 Å². The lowest BCUT2D eigenvalue weighted by Crippen LogP contribution is -2.10. The largest absolute Gasteiger partial charge is 0.373 e. The lowest BCUT2D eigenvalue weighted by atomic mass is 10.1. The van der Waals surface area contributed by atoms with Crippen LogP contribution in [0.4, 0.5) is 5.82 Å². The quantitative estimate of drug-likeness (QED) is 0.795. The fourth-order valence-electron chi connectivity index (χ4n) is 1.49. The zero-order valence-electron chi connectivity index (χ0n) is 9.09. The molecule has 1 aromatic rings. The molecule has 1 fully saturated rings. The summed E-state index contributed by atoms with van der Waals surface area (Å²) in [5, 5.41) is 3.09. The average Bonchev–Trinajstić information content (AvgIpc) is 2.97. The normalized spacial score (nSPS) is 17.9. The van der Waals surface area contributed by atoms with Gasteiger partial charge in [0, 0.05) is 24.2 Å². The van der Waals surface area contributed by atoms with Gasteiger partial charge in [-0.2, -0.15) is 0 Å². The third-order valence-electron chi connectivity index (χ3n) is 2.94. The van der Waals surface area contributed by atoms with E-state index in [2.05, 4.69) is 29.1 Å². The molecular weight excluding hydrogens is 174 g/mol. The van der Waals surface area contributed by atoms with Gasteiger partial charge in [-0.1, -0.05) is 13.8 Å². The molecule has 0 radical (unpaired) electrons. The molecule has 0 saturated heterocycles. The standard InChI is InChI=1S/C11H17N3/c1-4-8-7-9(12-3)14-10(13-8)11(2)5-6-11/h7H,4-6H2,1-3H3,(H,12,13,14). The molecule has 76 valence electrons. The first kappa shape index (κ1) is 9.44. The van der Waals surface area contributed by atoms with Crippen molar-refractivity contribution in [1.29, 1.82) is 0 Å². The fourth-order valence-corrected chi connectivity index (χ4v) is 1.49. The van der Waals surface area contributed by atoms with Crippen molar-refractivity contribution in [2.24, 2.45) is 0 Å². The summed E-state index contributed by atoms with van der Waals surface area (Å²) in [7, 11) is 1.90. The number of aromatic nitrogens is 2. The van der Waals surface area contributed by atoms with Gasteiger partial charge in [-0.25, -0.2) is 9.97 Å². The first-order valence-electron chi connectivity index (χ1n) is 5.24. The highest BCUT2D eigenvalue weighted by molar-refractivity contribution is 5.37. The first-order valence-corrected chi connectivity index (χ1v) is 5.24. The number of nitrogens with zero attached hydrogens (tertiary/aromatic N) is 2. The SMILES string of the molecule is CCc1cc(NC)nc(C2(C)CC2)n1. The van der Waals surface area contributed by atoms with E-state index in [-0.39, 0.29) is 5.41 Å². The second kappa shape index (κ2) is 3.23. The van der Waals surface area contributed by atoms with Crippen molar-refractivity contribution in [1.82, 2.24) is 9.97 Å². The molecule has 3 heteroatoms. The minimum absolute atomic E-state index is 0.261. The molecule has 1 N–H and O–H groups in total. The van der Waals surface area contributed by atoms with Crippen molar-refractivity contribution in [3.8, 4) is 0 Å². The van der Waals surface area contributed by atoms with Gasteiger partial charge in [0.2, 0.25) is 0 Å². The number of rotatable bonds is 3. The number of hydrogen-bond acceptors (Lipinski definition) is 3. The van der Waals surface area contributed by atoms with Gasteiger partial charge in [0.05, 0.1) is 0 Å². The summed E-state index contributed by atoms with van der Waals surface area (Å²) >= 11 is 0. The zero-order chi connectivity index (χ0) is 10.2.